The summed E-state index contributed by atoms with van der Waals surface area (Å²) >= 11 is 0. The highest BCUT2D eigenvalue weighted by Crippen LogP contribution is 2.26. The first-order valence-corrected chi connectivity index (χ1v) is 7.53. The minimum atomic E-state index is -0.556. The lowest BCUT2D eigenvalue weighted by Crippen LogP contribution is -2.47. The molecule has 2 aromatic heterocycles. The standard InChI is InChI=1S/C15H17N5O3/c1-10-9-12(21)20-13(11-3-2-6-23-11)17-14(18-15(20)16-10)19-4-7-22-8-5-19/h2-3,6,9,13H,4-5,7-8H2,1H3,(H,16,17,18)/t13-/m1/s1. The van der Waals surface area contributed by atoms with Crippen LogP contribution in [-0.4, -0.2) is 46.7 Å². The van der Waals surface area contributed by atoms with Gasteiger partial charge in [-0.05, 0) is 19.1 Å². The highest BCUT2D eigenvalue weighted by molar-refractivity contribution is 5.93. The molecule has 0 saturated carbocycles. The molecule has 1 fully saturated rings. The van der Waals surface area contributed by atoms with Crippen molar-refractivity contribution in [3.63, 3.8) is 0 Å². The molecule has 1 atom stereocenters. The van der Waals surface area contributed by atoms with E-state index in [1.807, 2.05) is 6.07 Å². The van der Waals surface area contributed by atoms with Crippen molar-refractivity contribution in [2.24, 2.45) is 4.99 Å². The number of hydrogen-bond donors (Lipinski definition) is 1. The maximum atomic E-state index is 12.4. The SMILES string of the molecule is Cc1cc(=O)n2c(n1)NC(N1CCOCC1)=N[C@H]2c1ccco1. The van der Waals surface area contributed by atoms with Crippen LogP contribution in [0.4, 0.5) is 5.95 Å². The molecule has 1 N–H and O–H groups in total. The Kier molecular flexibility index (Phi) is 3.38. The molecule has 23 heavy (non-hydrogen) atoms. The second-order valence-electron chi connectivity index (χ2n) is 5.50. The number of fused-ring (bicyclic) bond motifs is 1. The maximum absolute atomic E-state index is 12.4. The molecule has 0 aliphatic carbocycles. The molecule has 0 bridgehead atoms. The Morgan fingerprint density at radius 1 is 1.35 bits per heavy atom. The van der Waals surface area contributed by atoms with Gasteiger partial charge in [-0.2, -0.15) is 0 Å². The number of rotatable bonds is 1. The Morgan fingerprint density at radius 2 is 2.17 bits per heavy atom. The minimum absolute atomic E-state index is 0.161. The summed E-state index contributed by atoms with van der Waals surface area (Å²) < 4.78 is 12.4. The molecule has 0 radical (unpaired) electrons. The summed E-state index contributed by atoms with van der Waals surface area (Å²) in [5.74, 6) is 1.77. The average molecular weight is 315 g/mol. The molecule has 4 heterocycles. The lowest BCUT2D eigenvalue weighted by molar-refractivity contribution is 0.0675. The number of anilines is 1. The van der Waals surface area contributed by atoms with Gasteiger partial charge in [0.15, 0.2) is 6.17 Å². The van der Waals surface area contributed by atoms with Gasteiger partial charge in [-0.3, -0.25) is 10.1 Å². The highest BCUT2D eigenvalue weighted by atomic mass is 16.5. The first-order valence-electron chi connectivity index (χ1n) is 7.53. The van der Waals surface area contributed by atoms with Gasteiger partial charge in [-0.25, -0.2) is 14.5 Å². The molecule has 0 spiro atoms. The summed E-state index contributed by atoms with van der Waals surface area (Å²) in [6.45, 7) is 4.59. The second kappa shape index (κ2) is 5.54. The smallest absolute Gasteiger partial charge is 0.257 e. The van der Waals surface area contributed by atoms with Crippen molar-refractivity contribution in [3.8, 4) is 0 Å². The summed E-state index contributed by atoms with van der Waals surface area (Å²) in [6.07, 6.45) is 1.02. The number of aromatic nitrogens is 2. The van der Waals surface area contributed by atoms with E-state index in [1.165, 1.54) is 10.6 Å². The van der Waals surface area contributed by atoms with Crippen LogP contribution in [0.1, 0.15) is 17.6 Å². The van der Waals surface area contributed by atoms with E-state index >= 15 is 0 Å². The molecule has 0 amide bonds. The Labute approximate surface area is 132 Å². The average Bonchev–Trinajstić information content (AvgIpc) is 3.08. The Bertz CT molecular complexity index is 790. The van der Waals surface area contributed by atoms with E-state index in [-0.39, 0.29) is 5.56 Å². The summed E-state index contributed by atoms with van der Waals surface area (Å²) in [5.41, 5.74) is 0.501. The van der Waals surface area contributed by atoms with Crippen molar-refractivity contribution in [2.45, 2.75) is 13.1 Å². The molecule has 2 aliphatic heterocycles. The van der Waals surface area contributed by atoms with E-state index < -0.39 is 6.17 Å². The minimum Gasteiger partial charge on any atom is -0.465 e. The van der Waals surface area contributed by atoms with E-state index in [0.717, 1.165) is 13.1 Å². The molecular formula is C15H17N5O3. The van der Waals surface area contributed by atoms with Crippen LogP contribution in [0.15, 0.2) is 38.7 Å². The molecule has 4 rings (SSSR count). The third-order valence-electron chi connectivity index (χ3n) is 3.90. The molecule has 120 valence electrons. The van der Waals surface area contributed by atoms with E-state index in [1.54, 1.807) is 19.3 Å². The summed E-state index contributed by atoms with van der Waals surface area (Å²) in [6, 6.07) is 5.09. The lowest BCUT2D eigenvalue weighted by Gasteiger charge is -2.34. The Morgan fingerprint density at radius 3 is 2.91 bits per heavy atom. The first-order chi connectivity index (χ1) is 11.2. The number of hydrogen-bond acceptors (Lipinski definition) is 7. The van der Waals surface area contributed by atoms with Crippen molar-refractivity contribution in [2.75, 3.05) is 31.6 Å². The second-order valence-corrected chi connectivity index (χ2v) is 5.50. The van der Waals surface area contributed by atoms with Crippen molar-refractivity contribution < 1.29 is 9.15 Å². The van der Waals surface area contributed by atoms with Gasteiger partial charge in [-0.1, -0.05) is 0 Å². The number of guanidine groups is 1. The van der Waals surface area contributed by atoms with Crippen LogP contribution in [0, 0.1) is 6.92 Å². The number of furan rings is 1. The number of nitrogens with one attached hydrogen (secondary N) is 1. The fourth-order valence-corrected chi connectivity index (χ4v) is 2.80. The van der Waals surface area contributed by atoms with Crippen LogP contribution < -0.4 is 10.9 Å². The molecule has 2 aliphatic rings. The molecule has 0 aromatic carbocycles. The zero-order chi connectivity index (χ0) is 15.8. The molecule has 8 heteroatoms. The van der Waals surface area contributed by atoms with Gasteiger partial charge in [0.25, 0.3) is 5.56 Å². The normalized spacial score (nSPS) is 20.7. The van der Waals surface area contributed by atoms with Gasteiger partial charge >= 0.3 is 0 Å². The maximum Gasteiger partial charge on any atom is 0.257 e. The van der Waals surface area contributed by atoms with Crippen LogP contribution >= 0.6 is 0 Å². The van der Waals surface area contributed by atoms with Crippen molar-refractivity contribution >= 4 is 11.9 Å². The number of nitrogens with zero attached hydrogens (tertiary/aromatic N) is 4. The van der Waals surface area contributed by atoms with Gasteiger partial charge in [0.1, 0.15) is 5.76 Å². The number of aryl methyl sites for hydroxylation is 1. The van der Waals surface area contributed by atoms with Gasteiger partial charge < -0.3 is 14.1 Å². The van der Waals surface area contributed by atoms with Gasteiger partial charge in [0.05, 0.1) is 19.5 Å². The number of ether oxygens (including phenoxy) is 1. The van der Waals surface area contributed by atoms with Crippen LogP contribution in [0.25, 0.3) is 0 Å². The van der Waals surface area contributed by atoms with E-state index in [2.05, 4.69) is 20.2 Å². The summed E-state index contributed by atoms with van der Waals surface area (Å²) in [7, 11) is 0. The summed E-state index contributed by atoms with van der Waals surface area (Å²) in [4.78, 5) is 23.6. The van der Waals surface area contributed by atoms with Gasteiger partial charge in [0, 0.05) is 24.8 Å². The quantitative estimate of drug-likeness (QED) is 0.838. The third kappa shape index (κ3) is 2.50. The largest absolute Gasteiger partial charge is 0.465 e. The molecule has 2 aromatic rings. The predicted octanol–water partition coefficient (Wildman–Crippen LogP) is 0.805. The fraction of sp³-hybridized carbons (Fsp3) is 0.400. The molecule has 0 unspecified atom stereocenters. The van der Waals surface area contributed by atoms with Crippen molar-refractivity contribution in [3.05, 3.63) is 46.3 Å². The van der Waals surface area contributed by atoms with Gasteiger partial charge in [0.2, 0.25) is 11.9 Å². The van der Waals surface area contributed by atoms with Crippen molar-refractivity contribution in [1.29, 1.82) is 0 Å². The van der Waals surface area contributed by atoms with E-state index in [0.29, 0.717) is 36.6 Å². The first kappa shape index (κ1) is 14.0. The van der Waals surface area contributed by atoms with Crippen molar-refractivity contribution in [1.82, 2.24) is 14.5 Å². The third-order valence-corrected chi connectivity index (χ3v) is 3.90. The highest BCUT2D eigenvalue weighted by Gasteiger charge is 2.29. The van der Waals surface area contributed by atoms with Gasteiger partial charge in [-0.15, -0.1) is 0 Å². The van der Waals surface area contributed by atoms with E-state index in [4.69, 9.17) is 9.15 Å². The monoisotopic (exact) mass is 315 g/mol. The zero-order valence-corrected chi connectivity index (χ0v) is 12.7. The van der Waals surface area contributed by atoms with E-state index in [9.17, 15) is 4.79 Å². The number of aliphatic imine (C=N–C) groups is 1. The van der Waals surface area contributed by atoms with Crippen LogP contribution in [0.3, 0.4) is 0 Å². The van der Waals surface area contributed by atoms with Crippen LogP contribution in [-0.2, 0) is 4.74 Å². The molecule has 8 nitrogen and oxygen atoms in total. The molecular weight excluding hydrogens is 298 g/mol. The fourth-order valence-electron chi connectivity index (χ4n) is 2.80. The number of morpholine rings is 1. The Hall–Kier alpha value is -2.61. The molecule has 1 saturated heterocycles. The van der Waals surface area contributed by atoms with Crippen LogP contribution in [0.5, 0.6) is 0 Å². The summed E-state index contributed by atoms with van der Waals surface area (Å²) in [5, 5.41) is 3.17. The van der Waals surface area contributed by atoms with Crippen LogP contribution in [0.2, 0.25) is 0 Å². The zero-order valence-electron chi connectivity index (χ0n) is 12.7. The topological polar surface area (TPSA) is 84.9 Å². The Balaban J connectivity index is 1.81. The predicted molar refractivity (Wildman–Crippen MR) is 83.5 cm³/mol. The lowest BCUT2D eigenvalue weighted by atomic mass is 10.3.